The van der Waals surface area contributed by atoms with E-state index in [4.69, 9.17) is 9.47 Å². The average molecular weight is 358 g/mol. The van der Waals surface area contributed by atoms with E-state index in [1.807, 2.05) is 36.0 Å². The van der Waals surface area contributed by atoms with E-state index in [0.29, 0.717) is 0 Å². The van der Waals surface area contributed by atoms with Gasteiger partial charge in [0.25, 0.3) is 0 Å². The van der Waals surface area contributed by atoms with Crippen LogP contribution in [-0.4, -0.2) is 60.3 Å². The number of nitrogens with one attached hydrogen (secondary N) is 1. The van der Waals surface area contributed by atoms with Crippen LogP contribution in [0.3, 0.4) is 0 Å². The molecule has 2 aromatic rings. The first kappa shape index (κ1) is 18.4. The number of carbonyl (C=O) groups excluding carboxylic acids is 1. The number of likely N-dealkylation sites (tertiary alicyclic amines) is 1. The van der Waals surface area contributed by atoms with Crippen LogP contribution < -0.4 is 10.1 Å². The number of hydrogen-bond donors (Lipinski definition) is 1. The Kier molecular flexibility index (Phi) is 5.90. The summed E-state index contributed by atoms with van der Waals surface area (Å²) in [6.45, 7) is 2.47. The number of benzene rings is 1. The molecule has 1 N–H and O–H groups in total. The van der Waals surface area contributed by atoms with Gasteiger partial charge >= 0.3 is 0 Å². The topological polar surface area (TPSA) is 68.6 Å². The Morgan fingerprint density at radius 1 is 1.35 bits per heavy atom. The average Bonchev–Trinajstić information content (AvgIpc) is 3.21. The van der Waals surface area contributed by atoms with E-state index >= 15 is 0 Å². The predicted octanol–water partition coefficient (Wildman–Crippen LogP) is 1.16. The van der Waals surface area contributed by atoms with Crippen LogP contribution in [-0.2, 0) is 23.1 Å². The van der Waals surface area contributed by atoms with Gasteiger partial charge in [-0.05, 0) is 17.7 Å². The minimum absolute atomic E-state index is 0.00403. The van der Waals surface area contributed by atoms with E-state index in [1.165, 1.54) is 12.7 Å². The Labute approximate surface area is 153 Å². The molecule has 1 saturated heterocycles. The number of methoxy groups -OCH3 is 2. The molecule has 0 aliphatic carbocycles. The van der Waals surface area contributed by atoms with Crippen molar-refractivity contribution in [2.45, 2.75) is 18.5 Å². The van der Waals surface area contributed by atoms with Crippen molar-refractivity contribution in [3.63, 3.8) is 0 Å². The lowest BCUT2D eigenvalue weighted by molar-refractivity contribution is -0.125. The third-order valence-electron chi connectivity index (χ3n) is 4.75. The molecule has 0 bridgehead atoms. The number of aromatic nitrogens is 2. The normalized spacial score (nSPS) is 20.3. The van der Waals surface area contributed by atoms with Gasteiger partial charge in [-0.15, -0.1) is 0 Å². The summed E-state index contributed by atoms with van der Waals surface area (Å²) >= 11 is 0. The highest BCUT2D eigenvalue weighted by atomic mass is 16.5. The second-order valence-corrected chi connectivity index (χ2v) is 6.66. The molecular formula is C19H26N4O3. The summed E-state index contributed by atoms with van der Waals surface area (Å²) in [5, 5.41) is 3.10. The minimum atomic E-state index is -0.0973. The lowest BCUT2D eigenvalue weighted by atomic mass is 10.0. The summed E-state index contributed by atoms with van der Waals surface area (Å²) < 4.78 is 12.3. The summed E-state index contributed by atoms with van der Waals surface area (Å²) in [6.07, 6.45) is 3.74. The number of carbonyl (C=O) groups is 1. The van der Waals surface area contributed by atoms with Crippen molar-refractivity contribution in [2.24, 2.45) is 7.05 Å². The van der Waals surface area contributed by atoms with Crippen LogP contribution in [0.2, 0.25) is 0 Å². The molecule has 1 aliphatic rings. The van der Waals surface area contributed by atoms with Crippen LogP contribution in [0, 0.1) is 0 Å². The molecule has 140 valence electrons. The third kappa shape index (κ3) is 4.23. The predicted molar refractivity (Wildman–Crippen MR) is 98.0 cm³/mol. The van der Waals surface area contributed by atoms with E-state index in [-0.39, 0.29) is 24.5 Å². The zero-order valence-electron chi connectivity index (χ0n) is 15.5. The molecule has 0 spiro atoms. The zero-order valence-corrected chi connectivity index (χ0v) is 15.5. The van der Waals surface area contributed by atoms with Gasteiger partial charge < -0.3 is 19.4 Å². The highest BCUT2D eigenvalue weighted by Crippen LogP contribution is 2.28. The van der Waals surface area contributed by atoms with Crippen molar-refractivity contribution < 1.29 is 14.3 Å². The van der Waals surface area contributed by atoms with E-state index in [9.17, 15) is 4.79 Å². The van der Waals surface area contributed by atoms with Crippen LogP contribution in [0.4, 0.5) is 0 Å². The molecule has 1 aromatic carbocycles. The summed E-state index contributed by atoms with van der Waals surface area (Å²) in [7, 11) is 5.19. The molecule has 26 heavy (non-hydrogen) atoms. The van der Waals surface area contributed by atoms with Gasteiger partial charge in [0.05, 0.1) is 19.1 Å². The fourth-order valence-corrected chi connectivity index (χ4v) is 3.57. The largest absolute Gasteiger partial charge is 0.497 e. The van der Waals surface area contributed by atoms with Gasteiger partial charge in [-0.2, -0.15) is 0 Å². The van der Waals surface area contributed by atoms with Crippen LogP contribution in [0.5, 0.6) is 5.75 Å². The molecule has 0 saturated carbocycles. The van der Waals surface area contributed by atoms with Crippen LogP contribution in [0.15, 0.2) is 36.7 Å². The first-order valence-electron chi connectivity index (χ1n) is 8.71. The molecule has 7 nitrogen and oxygen atoms in total. The van der Waals surface area contributed by atoms with Crippen molar-refractivity contribution in [3.05, 3.63) is 48.0 Å². The van der Waals surface area contributed by atoms with E-state index in [1.54, 1.807) is 13.3 Å². The van der Waals surface area contributed by atoms with Gasteiger partial charge in [0.15, 0.2) is 0 Å². The van der Waals surface area contributed by atoms with Gasteiger partial charge in [0.2, 0.25) is 5.91 Å². The first-order valence-corrected chi connectivity index (χ1v) is 8.71. The summed E-state index contributed by atoms with van der Waals surface area (Å²) in [6, 6.07) is 8.09. The molecule has 3 rings (SSSR count). The van der Waals surface area contributed by atoms with Crippen LogP contribution in [0.25, 0.3) is 0 Å². The molecule has 1 fully saturated rings. The van der Waals surface area contributed by atoms with Gasteiger partial charge in [0, 0.05) is 46.2 Å². The SMILES string of the molecule is COCC(=O)N[C@@H]1CN(Cc2cccc(OC)c2)C[C@H]1c1nccn1C. The molecule has 2 heterocycles. The van der Waals surface area contributed by atoms with Crippen molar-refractivity contribution in [2.75, 3.05) is 33.9 Å². The molecular weight excluding hydrogens is 332 g/mol. The molecule has 1 aromatic heterocycles. The van der Waals surface area contributed by atoms with E-state index < -0.39 is 0 Å². The lowest BCUT2D eigenvalue weighted by Crippen LogP contribution is -2.41. The van der Waals surface area contributed by atoms with E-state index in [0.717, 1.165) is 31.2 Å². The molecule has 1 amide bonds. The molecule has 0 unspecified atom stereocenters. The van der Waals surface area contributed by atoms with Gasteiger partial charge in [-0.3, -0.25) is 9.69 Å². The number of aryl methyl sites for hydroxylation is 1. The molecule has 7 heteroatoms. The second-order valence-electron chi connectivity index (χ2n) is 6.66. The third-order valence-corrected chi connectivity index (χ3v) is 4.75. The summed E-state index contributed by atoms with van der Waals surface area (Å²) in [4.78, 5) is 18.9. The number of amides is 1. The minimum Gasteiger partial charge on any atom is -0.497 e. The fraction of sp³-hybridized carbons (Fsp3) is 0.474. The maximum atomic E-state index is 12.0. The van der Waals surface area contributed by atoms with Crippen molar-refractivity contribution in [1.82, 2.24) is 19.8 Å². The van der Waals surface area contributed by atoms with Gasteiger partial charge in [-0.25, -0.2) is 4.98 Å². The number of rotatable bonds is 7. The van der Waals surface area contributed by atoms with Crippen molar-refractivity contribution in [1.29, 1.82) is 0 Å². The number of imidazole rings is 1. The highest BCUT2D eigenvalue weighted by Gasteiger charge is 2.36. The standard InChI is InChI=1S/C19H26N4O3/c1-22-8-7-20-19(22)16-11-23(12-17(16)21-18(24)13-25-2)10-14-5-4-6-15(9-14)26-3/h4-9,16-17H,10-13H2,1-3H3,(H,21,24)/t16-,17-/m1/s1. The first-order chi connectivity index (χ1) is 12.6. The Morgan fingerprint density at radius 2 is 2.19 bits per heavy atom. The summed E-state index contributed by atoms with van der Waals surface area (Å²) in [5.74, 6) is 1.88. The Hall–Kier alpha value is -2.38. The van der Waals surface area contributed by atoms with E-state index in [2.05, 4.69) is 21.3 Å². The molecule has 0 radical (unpaired) electrons. The number of hydrogen-bond acceptors (Lipinski definition) is 5. The number of nitrogens with zero attached hydrogens (tertiary/aromatic N) is 3. The Bertz CT molecular complexity index is 746. The lowest BCUT2D eigenvalue weighted by Gasteiger charge is -2.19. The maximum Gasteiger partial charge on any atom is 0.246 e. The molecule has 2 atom stereocenters. The Balaban J connectivity index is 1.74. The fourth-order valence-electron chi connectivity index (χ4n) is 3.57. The summed E-state index contributed by atoms with van der Waals surface area (Å²) in [5.41, 5.74) is 1.19. The second kappa shape index (κ2) is 8.33. The smallest absolute Gasteiger partial charge is 0.246 e. The maximum absolute atomic E-state index is 12.0. The van der Waals surface area contributed by atoms with Crippen molar-refractivity contribution >= 4 is 5.91 Å². The monoisotopic (exact) mass is 358 g/mol. The zero-order chi connectivity index (χ0) is 18.5. The van der Waals surface area contributed by atoms with Crippen molar-refractivity contribution in [3.8, 4) is 5.75 Å². The Morgan fingerprint density at radius 3 is 2.88 bits per heavy atom. The van der Waals surface area contributed by atoms with Crippen LogP contribution in [0.1, 0.15) is 17.3 Å². The van der Waals surface area contributed by atoms with Crippen LogP contribution >= 0.6 is 0 Å². The highest BCUT2D eigenvalue weighted by molar-refractivity contribution is 5.77. The number of ether oxygens (including phenoxy) is 2. The van der Waals surface area contributed by atoms with Gasteiger partial charge in [0.1, 0.15) is 18.2 Å². The molecule has 1 aliphatic heterocycles. The van der Waals surface area contributed by atoms with Gasteiger partial charge in [-0.1, -0.05) is 12.1 Å². The quantitative estimate of drug-likeness (QED) is 0.804.